The van der Waals surface area contributed by atoms with Gasteiger partial charge in [0.25, 0.3) is 0 Å². The predicted octanol–water partition coefficient (Wildman–Crippen LogP) is 5.16. The van der Waals surface area contributed by atoms with Gasteiger partial charge in [-0.15, -0.1) is 0 Å². The van der Waals surface area contributed by atoms with Gasteiger partial charge in [-0.2, -0.15) is 0 Å². The van der Waals surface area contributed by atoms with Crippen LogP contribution in [0.15, 0.2) is 42.5 Å². The Balaban J connectivity index is 2.22. The molecule has 0 unspecified atom stereocenters. The standard InChI is InChI=1S/C17H19ClFNO/c1-17(2,3)20-11-12-9-14(19)7-8-16(12)21-15-6-4-5-13(18)10-15/h4-10,20H,11H2,1-3H3. The highest BCUT2D eigenvalue weighted by atomic mass is 35.5. The summed E-state index contributed by atoms with van der Waals surface area (Å²) in [5.41, 5.74) is 0.713. The van der Waals surface area contributed by atoms with Crippen LogP contribution < -0.4 is 10.1 Å². The van der Waals surface area contributed by atoms with Crippen LogP contribution in [0.2, 0.25) is 5.02 Å². The van der Waals surface area contributed by atoms with Crippen molar-refractivity contribution in [3.05, 3.63) is 58.9 Å². The minimum Gasteiger partial charge on any atom is -0.457 e. The van der Waals surface area contributed by atoms with E-state index >= 15 is 0 Å². The van der Waals surface area contributed by atoms with Crippen LogP contribution in [0.3, 0.4) is 0 Å². The molecular formula is C17H19ClFNO. The SMILES string of the molecule is CC(C)(C)NCc1cc(F)ccc1Oc1cccc(Cl)c1. The molecule has 0 saturated carbocycles. The molecule has 0 spiro atoms. The van der Waals surface area contributed by atoms with Crippen LogP contribution in [0.4, 0.5) is 4.39 Å². The summed E-state index contributed by atoms with van der Waals surface area (Å²) in [7, 11) is 0. The Bertz CT molecular complexity index is 622. The summed E-state index contributed by atoms with van der Waals surface area (Å²) in [6, 6.07) is 11.6. The quantitative estimate of drug-likeness (QED) is 0.842. The summed E-state index contributed by atoms with van der Waals surface area (Å²) >= 11 is 5.94. The van der Waals surface area contributed by atoms with E-state index in [1.54, 1.807) is 18.2 Å². The maximum absolute atomic E-state index is 13.5. The summed E-state index contributed by atoms with van der Waals surface area (Å²) in [6.07, 6.45) is 0. The molecule has 4 heteroatoms. The maximum Gasteiger partial charge on any atom is 0.132 e. The van der Waals surface area contributed by atoms with E-state index < -0.39 is 0 Å². The van der Waals surface area contributed by atoms with Gasteiger partial charge in [0, 0.05) is 22.7 Å². The normalized spacial score (nSPS) is 11.5. The van der Waals surface area contributed by atoms with Crippen LogP contribution in [0.5, 0.6) is 11.5 Å². The fourth-order valence-corrected chi connectivity index (χ4v) is 1.98. The lowest BCUT2D eigenvalue weighted by atomic mass is 10.1. The topological polar surface area (TPSA) is 21.3 Å². The smallest absolute Gasteiger partial charge is 0.132 e. The van der Waals surface area contributed by atoms with Gasteiger partial charge in [0.1, 0.15) is 17.3 Å². The first-order valence-corrected chi connectivity index (χ1v) is 7.18. The first kappa shape index (κ1) is 15.8. The Morgan fingerprint density at radius 1 is 1.14 bits per heavy atom. The van der Waals surface area contributed by atoms with Crippen LogP contribution >= 0.6 is 11.6 Å². The van der Waals surface area contributed by atoms with Gasteiger partial charge in [-0.05, 0) is 57.2 Å². The maximum atomic E-state index is 13.5. The van der Waals surface area contributed by atoms with Crippen molar-refractivity contribution >= 4 is 11.6 Å². The summed E-state index contributed by atoms with van der Waals surface area (Å²) in [6.45, 7) is 6.70. The summed E-state index contributed by atoms with van der Waals surface area (Å²) in [5, 5.41) is 3.93. The van der Waals surface area contributed by atoms with Crippen LogP contribution in [0, 0.1) is 5.82 Å². The van der Waals surface area contributed by atoms with Gasteiger partial charge >= 0.3 is 0 Å². The van der Waals surface area contributed by atoms with Crippen molar-refractivity contribution < 1.29 is 9.13 Å². The van der Waals surface area contributed by atoms with Crippen molar-refractivity contribution in [1.82, 2.24) is 5.32 Å². The molecule has 0 bridgehead atoms. The molecule has 0 aliphatic rings. The van der Waals surface area contributed by atoms with Crippen molar-refractivity contribution in [1.29, 1.82) is 0 Å². The molecule has 1 N–H and O–H groups in total. The molecule has 2 rings (SSSR count). The third kappa shape index (κ3) is 5.03. The average Bonchev–Trinajstić information content (AvgIpc) is 2.38. The zero-order valence-corrected chi connectivity index (χ0v) is 13.2. The van der Waals surface area contributed by atoms with Gasteiger partial charge in [-0.1, -0.05) is 17.7 Å². The molecule has 2 aromatic rings. The van der Waals surface area contributed by atoms with E-state index in [1.165, 1.54) is 12.1 Å². The molecule has 0 amide bonds. The number of benzene rings is 2. The predicted molar refractivity (Wildman–Crippen MR) is 84.5 cm³/mol. The van der Waals surface area contributed by atoms with E-state index in [9.17, 15) is 4.39 Å². The zero-order chi connectivity index (χ0) is 15.5. The lowest BCUT2D eigenvalue weighted by Crippen LogP contribution is -2.35. The summed E-state index contributed by atoms with van der Waals surface area (Å²) in [4.78, 5) is 0. The molecule has 112 valence electrons. The van der Waals surface area contributed by atoms with Crippen LogP contribution in [0.1, 0.15) is 26.3 Å². The zero-order valence-electron chi connectivity index (χ0n) is 12.4. The number of hydrogen-bond acceptors (Lipinski definition) is 2. The Morgan fingerprint density at radius 2 is 1.90 bits per heavy atom. The second-order valence-electron chi connectivity index (χ2n) is 5.92. The van der Waals surface area contributed by atoms with Crippen molar-refractivity contribution in [2.24, 2.45) is 0 Å². The second-order valence-corrected chi connectivity index (χ2v) is 6.35. The number of rotatable bonds is 4. The Morgan fingerprint density at radius 3 is 2.57 bits per heavy atom. The number of hydrogen-bond donors (Lipinski definition) is 1. The van der Waals surface area contributed by atoms with Crippen LogP contribution in [-0.2, 0) is 6.54 Å². The molecule has 0 saturated heterocycles. The van der Waals surface area contributed by atoms with Crippen molar-refractivity contribution in [2.75, 3.05) is 0 Å². The number of nitrogens with one attached hydrogen (secondary N) is 1. The number of ether oxygens (including phenoxy) is 1. The fourth-order valence-electron chi connectivity index (χ4n) is 1.80. The average molecular weight is 308 g/mol. The molecule has 21 heavy (non-hydrogen) atoms. The Hall–Kier alpha value is -1.58. The molecule has 2 nitrogen and oxygen atoms in total. The largest absolute Gasteiger partial charge is 0.457 e. The van der Waals surface area contributed by atoms with Gasteiger partial charge in [-0.25, -0.2) is 4.39 Å². The minimum atomic E-state index is -0.279. The molecule has 0 radical (unpaired) electrons. The van der Waals surface area contributed by atoms with Crippen molar-refractivity contribution in [3.8, 4) is 11.5 Å². The van der Waals surface area contributed by atoms with Gasteiger partial charge in [0.15, 0.2) is 0 Å². The lowest BCUT2D eigenvalue weighted by Gasteiger charge is -2.21. The lowest BCUT2D eigenvalue weighted by molar-refractivity contribution is 0.413. The highest BCUT2D eigenvalue weighted by Crippen LogP contribution is 2.28. The minimum absolute atomic E-state index is 0.0559. The molecule has 0 aliphatic heterocycles. The molecule has 0 aromatic heterocycles. The van der Waals surface area contributed by atoms with Gasteiger partial charge in [-0.3, -0.25) is 0 Å². The first-order valence-electron chi connectivity index (χ1n) is 6.80. The second kappa shape index (κ2) is 6.46. The highest BCUT2D eigenvalue weighted by Gasteiger charge is 2.12. The molecule has 0 heterocycles. The Kier molecular flexibility index (Phi) is 4.86. The highest BCUT2D eigenvalue weighted by molar-refractivity contribution is 6.30. The summed E-state index contributed by atoms with van der Waals surface area (Å²) < 4.78 is 19.3. The van der Waals surface area contributed by atoms with E-state index in [0.717, 1.165) is 5.56 Å². The molecule has 2 aromatic carbocycles. The van der Waals surface area contributed by atoms with Crippen molar-refractivity contribution in [2.45, 2.75) is 32.9 Å². The third-order valence-corrected chi connectivity index (χ3v) is 3.09. The van der Waals surface area contributed by atoms with Crippen LogP contribution in [0.25, 0.3) is 0 Å². The molecule has 0 fully saturated rings. The van der Waals surface area contributed by atoms with E-state index in [2.05, 4.69) is 26.1 Å². The van der Waals surface area contributed by atoms with Gasteiger partial charge < -0.3 is 10.1 Å². The number of halogens is 2. The summed E-state index contributed by atoms with van der Waals surface area (Å²) in [5.74, 6) is 0.973. The van der Waals surface area contributed by atoms with E-state index in [4.69, 9.17) is 16.3 Å². The van der Waals surface area contributed by atoms with Crippen molar-refractivity contribution in [3.63, 3.8) is 0 Å². The van der Waals surface area contributed by atoms with E-state index in [-0.39, 0.29) is 11.4 Å². The van der Waals surface area contributed by atoms with Crippen LogP contribution in [-0.4, -0.2) is 5.54 Å². The van der Waals surface area contributed by atoms with E-state index in [1.807, 2.05) is 12.1 Å². The molecule has 0 atom stereocenters. The Labute approximate surface area is 129 Å². The third-order valence-electron chi connectivity index (χ3n) is 2.86. The fraction of sp³-hybridized carbons (Fsp3) is 0.294. The molecular weight excluding hydrogens is 289 g/mol. The monoisotopic (exact) mass is 307 g/mol. The first-order chi connectivity index (χ1) is 9.83. The van der Waals surface area contributed by atoms with E-state index in [0.29, 0.717) is 23.1 Å². The van der Waals surface area contributed by atoms with Gasteiger partial charge in [0.2, 0.25) is 0 Å². The van der Waals surface area contributed by atoms with Gasteiger partial charge in [0.05, 0.1) is 0 Å². The molecule has 0 aliphatic carbocycles.